The molecule has 0 radical (unpaired) electrons. The Hall–Kier alpha value is -7.94. The van der Waals surface area contributed by atoms with Gasteiger partial charge in [0.2, 0.25) is 0 Å². The molecule has 0 N–H and O–H groups in total. The van der Waals surface area contributed by atoms with E-state index in [2.05, 4.69) is 243 Å². The van der Waals surface area contributed by atoms with Gasteiger partial charge in [-0.2, -0.15) is 0 Å². The Kier molecular flexibility index (Phi) is 8.55. The van der Waals surface area contributed by atoms with Crippen LogP contribution in [0.4, 0.5) is 17.1 Å². The van der Waals surface area contributed by atoms with Crippen molar-refractivity contribution in [3.8, 4) is 55.6 Å². The van der Waals surface area contributed by atoms with Gasteiger partial charge in [0.1, 0.15) is 11.2 Å². The van der Waals surface area contributed by atoms with Crippen LogP contribution in [0.25, 0.3) is 88.3 Å². The van der Waals surface area contributed by atoms with E-state index in [4.69, 9.17) is 4.42 Å². The number of nitrogens with zero attached hydrogens (tertiary/aromatic N) is 1. The van der Waals surface area contributed by atoms with Crippen LogP contribution >= 0.6 is 0 Å². The number of benzene rings is 10. The molecule has 1 aliphatic rings. The number of fused-ring (bicyclic) bond motifs is 8. The molecule has 0 saturated carbocycles. The van der Waals surface area contributed by atoms with E-state index < -0.39 is 0 Å². The third-order valence-electron chi connectivity index (χ3n) is 13.3. The normalized spacial score (nSPS) is 12.7. The maximum absolute atomic E-state index is 6.77. The molecule has 1 aromatic heterocycles. The van der Waals surface area contributed by atoms with E-state index in [9.17, 15) is 0 Å². The van der Waals surface area contributed by atoms with Crippen molar-refractivity contribution in [2.24, 2.45) is 0 Å². The lowest BCUT2D eigenvalue weighted by Crippen LogP contribution is -2.15. The molecule has 10 aromatic carbocycles. The molecule has 1 heterocycles. The smallest absolute Gasteiger partial charge is 0.143 e. The molecular formula is C61H43NO. The van der Waals surface area contributed by atoms with Gasteiger partial charge in [-0.25, -0.2) is 0 Å². The van der Waals surface area contributed by atoms with Gasteiger partial charge >= 0.3 is 0 Å². The summed E-state index contributed by atoms with van der Waals surface area (Å²) >= 11 is 0. The monoisotopic (exact) mass is 805 g/mol. The summed E-state index contributed by atoms with van der Waals surface area (Å²) in [6.07, 6.45) is 0. The van der Waals surface area contributed by atoms with Crippen LogP contribution in [0.15, 0.2) is 229 Å². The van der Waals surface area contributed by atoms with Crippen molar-refractivity contribution in [3.05, 3.63) is 236 Å². The van der Waals surface area contributed by atoms with Crippen molar-refractivity contribution in [2.45, 2.75) is 19.3 Å². The van der Waals surface area contributed by atoms with E-state index in [0.29, 0.717) is 0 Å². The number of hydrogen-bond acceptors (Lipinski definition) is 2. The second-order valence-electron chi connectivity index (χ2n) is 17.2. The first-order chi connectivity index (χ1) is 31.0. The second kappa shape index (κ2) is 14.6. The average molecular weight is 806 g/mol. The zero-order valence-corrected chi connectivity index (χ0v) is 35.2. The number of hydrogen-bond donors (Lipinski definition) is 0. The summed E-state index contributed by atoms with van der Waals surface area (Å²) in [7, 11) is 0. The van der Waals surface area contributed by atoms with Gasteiger partial charge < -0.3 is 9.32 Å². The summed E-state index contributed by atoms with van der Waals surface area (Å²) in [5.74, 6) is 0. The van der Waals surface area contributed by atoms with Gasteiger partial charge in [0.15, 0.2) is 0 Å². The average Bonchev–Trinajstić information content (AvgIpc) is 3.85. The maximum Gasteiger partial charge on any atom is 0.143 e. The van der Waals surface area contributed by atoms with Gasteiger partial charge in [0.25, 0.3) is 0 Å². The molecule has 0 fully saturated rings. The third kappa shape index (κ3) is 5.86. The second-order valence-corrected chi connectivity index (χ2v) is 17.2. The number of rotatable bonds is 7. The van der Waals surface area contributed by atoms with Crippen LogP contribution in [0.2, 0.25) is 0 Å². The number of anilines is 3. The molecule has 0 unspecified atom stereocenters. The molecule has 2 heteroatoms. The standard InChI is InChI=1S/C61H43NO/c1-61(2)52-28-12-8-25-50(52)58-48(26-16-29-53(58)61)46-23-10-14-31-55(46)62(54-30-13-9-21-44(54)43-36-34-41(35-37-43)40-18-4-3-5-19-40)56-32-15-11-24-47(56)49-27-17-33-57-59(49)51-39-38-42-20-6-7-22-45(42)60(51)63-57/h3-39H,1-2H3. The maximum atomic E-state index is 6.77. The van der Waals surface area contributed by atoms with Gasteiger partial charge in [-0.15, -0.1) is 0 Å². The Morgan fingerprint density at radius 1 is 0.349 bits per heavy atom. The zero-order chi connectivity index (χ0) is 42.1. The lowest BCUT2D eigenvalue weighted by Gasteiger charge is -2.32. The van der Waals surface area contributed by atoms with Gasteiger partial charge in [-0.1, -0.05) is 208 Å². The van der Waals surface area contributed by atoms with Gasteiger partial charge in [0, 0.05) is 38.3 Å². The quantitative estimate of drug-likeness (QED) is 0.160. The Morgan fingerprint density at radius 3 is 1.63 bits per heavy atom. The summed E-state index contributed by atoms with van der Waals surface area (Å²) in [5, 5.41) is 4.51. The van der Waals surface area contributed by atoms with Crippen molar-refractivity contribution in [3.63, 3.8) is 0 Å². The van der Waals surface area contributed by atoms with Gasteiger partial charge in [0.05, 0.1) is 17.1 Å². The van der Waals surface area contributed by atoms with Gasteiger partial charge in [-0.05, 0) is 85.8 Å². The minimum atomic E-state index is -0.126. The Balaban J connectivity index is 1.12. The fourth-order valence-corrected chi connectivity index (χ4v) is 10.3. The highest BCUT2D eigenvalue weighted by Crippen LogP contribution is 2.55. The molecule has 0 amide bonds. The molecule has 0 spiro atoms. The third-order valence-corrected chi connectivity index (χ3v) is 13.3. The highest BCUT2D eigenvalue weighted by Gasteiger charge is 2.37. The topological polar surface area (TPSA) is 16.4 Å². The van der Waals surface area contributed by atoms with Gasteiger partial charge in [-0.3, -0.25) is 0 Å². The molecule has 0 bridgehead atoms. The molecule has 298 valence electrons. The van der Waals surface area contributed by atoms with E-state index in [1.54, 1.807) is 0 Å². The lowest BCUT2D eigenvalue weighted by atomic mass is 9.82. The fraction of sp³-hybridized carbons (Fsp3) is 0.0492. The molecule has 1 aliphatic carbocycles. The first-order valence-corrected chi connectivity index (χ1v) is 21.8. The molecule has 0 aliphatic heterocycles. The Labute approximate surface area is 368 Å². The van der Waals surface area contributed by atoms with Crippen molar-refractivity contribution < 1.29 is 4.42 Å². The summed E-state index contributed by atoms with van der Waals surface area (Å²) < 4.78 is 6.77. The zero-order valence-electron chi connectivity index (χ0n) is 35.2. The predicted octanol–water partition coefficient (Wildman–Crippen LogP) is 17.2. The van der Waals surface area contributed by atoms with Crippen molar-refractivity contribution in [1.29, 1.82) is 0 Å². The lowest BCUT2D eigenvalue weighted by molar-refractivity contribution is 0.660. The van der Waals surface area contributed by atoms with E-state index >= 15 is 0 Å². The van der Waals surface area contributed by atoms with Crippen LogP contribution in [0.5, 0.6) is 0 Å². The van der Waals surface area contributed by atoms with Crippen LogP contribution in [0, 0.1) is 0 Å². The molecule has 2 nitrogen and oxygen atoms in total. The van der Waals surface area contributed by atoms with E-state index in [0.717, 1.165) is 66.6 Å². The first-order valence-electron chi connectivity index (χ1n) is 21.8. The predicted molar refractivity (Wildman–Crippen MR) is 265 cm³/mol. The van der Waals surface area contributed by atoms with Crippen molar-refractivity contribution >= 4 is 49.8 Å². The van der Waals surface area contributed by atoms with E-state index in [-0.39, 0.29) is 5.41 Å². The minimum absolute atomic E-state index is 0.126. The molecule has 12 rings (SSSR count). The molecule has 0 saturated heterocycles. The van der Waals surface area contributed by atoms with Crippen molar-refractivity contribution in [2.75, 3.05) is 4.90 Å². The number of furan rings is 1. The van der Waals surface area contributed by atoms with E-state index in [1.807, 2.05) is 0 Å². The van der Waals surface area contributed by atoms with Crippen LogP contribution in [0.3, 0.4) is 0 Å². The number of para-hydroxylation sites is 3. The highest BCUT2D eigenvalue weighted by atomic mass is 16.3. The SMILES string of the molecule is CC1(C)c2ccccc2-c2c(-c3ccccc3N(c3ccccc3-c3ccc(-c4ccccc4)cc3)c3ccccc3-c3cccc4oc5c6ccccc6ccc5c34)cccc21. The van der Waals surface area contributed by atoms with Crippen LogP contribution in [-0.4, -0.2) is 0 Å². The fourth-order valence-electron chi connectivity index (χ4n) is 10.3. The largest absolute Gasteiger partial charge is 0.455 e. The Morgan fingerprint density at radius 2 is 0.873 bits per heavy atom. The summed E-state index contributed by atoms with van der Waals surface area (Å²) in [5.41, 5.74) is 19.6. The molecule has 11 aromatic rings. The molecule has 63 heavy (non-hydrogen) atoms. The Bertz CT molecular complexity index is 3540. The molecule has 0 atom stereocenters. The van der Waals surface area contributed by atoms with Crippen LogP contribution < -0.4 is 4.90 Å². The van der Waals surface area contributed by atoms with E-state index in [1.165, 1.54) is 49.9 Å². The summed E-state index contributed by atoms with van der Waals surface area (Å²) in [4.78, 5) is 2.51. The first kappa shape index (κ1) is 36.9. The van der Waals surface area contributed by atoms with Crippen molar-refractivity contribution in [1.82, 2.24) is 0 Å². The summed E-state index contributed by atoms with van der Waals surface area (Å²) in [6, 6.07) is 81.6. The summed E-state index contributed by atoms with van der Waals surface area (Å²) in [6.45, 7) is 4.72. The molecular weight excluding hydrogens is 763 g/mol. The van der Waals surface area contributed by atoms with Crippen LogP contribution in [-0.2, 0) is 5.41 Å². The highest BCUT2D eigenvalue weighted by molar-refractivity contribution is 6.20. The minimum Gasteiger partial charge on any atom is -0.455 e. The van der Waals surface area contributed by atoms with Crippen LogP contribution in [0.1, 0.15) is 25.0 Å².